The van der Waals surface area contributed by atoms with Crippen molar-refractivity contribution in [1.29, 1.82) is 0 Å². The average molecular weight is 407 g/mol. The highest BCUT2D eigenvalue weighted by Crippen LogP contribution is 2.30. The monoisotopic (exact) mass is 406 g/mol. The van der Waals surface area contributed by atoms with Crippen molar-refractivity contribution in [2.75, 3.05) is 12.4 Å². The first-order valence-electron chi connectivity index (χ1n) is 9.08. The lowest BCUT2D eigenvalue weighted by atomic mass is 10.0. The van der Waals surface area contributed by atoms with E-state index in [1.807, 2.05) is 43.3 Å². The second-order valence-electron chi connectivity index (χ2n) is 6.56. The summed E-state index contributed by atoms with van der Waals surface area (Å²) in [6.07, 6.45) is 1.74. The van der Waals surface area contributed by atoms with Crippen molar-refractivity contribution in [1.82, 2.24) is 14.8 Å². The zero-order chi connectivity index (χ0) is 20.4. The molecule has 7 heteroatoms. The number of carbonyl (C=O) groups is 1. The van der Waals surface area contributed by atoms with Crippen molar-refractivity contribution in [2.45, 2.75) is 13.5 Å². The number of aromatic nitrogens is 3. The molecule has 0 aliphatic heterocycles. The molecule has 29 heavy (non-hydrogen) atoms. The maximum absolute atomic E-state index is 12.6. The normalized spacial score (nSPS) is 10.9. The highest BCUT2D eigenvalue weighted by Gasteiger charge is 2.16. The number of hydrogen-bond acceptors (Lipinski definition) is 4. The molecule has 146 valence electrons. The number of nitrogens with zero attached hydrogens (tertiary/aromatic N) is 3. The molecule has 0 saturated carbocycles. The minimum absolute atomic E-state index is 0.0409. The lowest BCUT2D eigenvalue weighted by Crippen LogP contribution is -2.19. The molecule has 0 aliphatic rings. The van der Waals surface area contributed by atoms with Crippen LogP contribution in [0.15, 0.2) is 60.8 Å². The molecule has 0 spiro atoms. The van der Waals surface area contributed by atoms with Gasteiger partial charge in [-0.05, 0) is 42.3 Å². The van der Waals surface area contributed by atoms with E-state index in [-0.39, 0.29) is 12.5 Å². The van der Waals surface area contributed by atoms with E-state index in [0.717, 1.165) is 22.2 Å². The van der Waals surface area contributed by atoms with Crippen molar-refractivity contribution in [3.63, 3.8) is 0 Å². The molecule has 0 fully saturated rings. The van der Waals surface area contributed by atoms with E-state index in [1.165, 1.54) is 0 Å². The lowest BCUT2D eigenvalue weighted by molar-refractivity contribution is -0.116. The first-order valence-corrected chi connectivity index (χ1v) is 9.45. The smallest absolute Gasteiger partial charge is 0.246 e. The van der Waals surface area contributed by atoms with Gasteiger partial charge < -0.3 is 10.1 Å². The number of anilines is 1. The topological polar surface area (TPSA) is 69.0 Å². The molecule has 4 rings (SSSR count). The number of benzene rings is 2. The summed E-state index contributed by atoms with van der Waals surface area (Å²) in [6.45, 7) is 1.97. The summed E-state index contributed by atoms with van der Waals surface area (Å²) in [5.74, 6) is 0.332. The van der Waals surface area contributed by atoms with E-state index < -0.39 is 0 Å². The van der Waals surface area contributed by atoms with Gasteiger partial charge in [-0.25, -0.2) is 9.67 Å². The van der Waals surface area contributed by atoms with Crippen LogP contribution in [-0.4, -0.2) is 27.8 Å². The number of amides is 1. The summed E-state index contributed by atoms with van der Waals surface area (Å²) in [5, 5.41) is 8.76. The number of fused-ring (bicyclic) bond motifs is 1. The number of aryl methyl sites for hydroxylation is 1. The molecule has 0 aliphatic carbocycles. The minimum Gasteiger partial charge on any atom is -0.495 e. The van der Waals surface area contributed by atoms with E-state index in [0.29, 0.717) is 22.1 Å². The van der Waals surface area contributed by atoms with Crippen molar-refractivity contribution in [3.8, 4) is 16.9 Å². The fourth-order valence-electron chi connectivity index (χ4n) is 3.33. The van der Waals surface area contributed by atoms with Gasteiger partial charge in [0.2, 0.25) is 5.91 Å². The van der Waals surface area contributed by atoms with Crippen LogP contribution in [0, 0.1) is 6.92 Å². The van der Waals surface area contributed by atoms with Gasteiger partial charge >= 0.3 is 0 Å². The van der Waals surface area contributed by atoms with Gasteiger partial charge in [0.05, 0.1) is 17.8 Å². The minimum atomic E-state index is -0.220. The number of ether oxygens (including phenoxy) is 1. The number of halogens is 1. The third kappa shape index (κ3) is 3.79. The fraction of sp³-hybridized carbons (Fsp3) is 0.136. The van der Waals surface area contributed by atoms with E-state index in [1.54, 1.807) is 36.2 Å². The van der Waals surface area contributed by atoms with E-state index in [9.17, 15) is 4.79 Å². The second-order valence-corrected chi connectivity index (χ2v) is 6.97. The van der Waals surface area contributed by atoms with Gasteiger partial charge in [-0.1, -0.05) is 41.9 Å². The number of methoxy groups -OCH3 is 1. The molecule has 2 aromatic carbocycles. The average Bonchev–Trinajstić information content (AvgIpc) is 3.04. The third-order valence-corrected chi connectivity index (χ3v) is 4.92. The van der Waals surface area contributed by atoms with Gasteiger partial charge in [-0.3, -0.25) is 4.79 Å². The van der Waals surface area contributed by atoms with Gasteiger partial charge in [-0.15, -0.1) is 0 Å². The molecule has 1 amide bonds. The summed E-state index contributed by atoms with van der Waals surface area (Å²) < 4.78 is 6.75. The first kappa shape index (κ1) is 19.0. The van der Waals surface area contributed by atoms with Gasteiger partial charge in [0, 0.05) is 17.3 Å². The zero-order valence-corrected chi connectivity index (χ0v) is 16.8. The Kier molecular flexibility index (Phi) is 5.18. The van der Waals surface area contributed by atoms with Crippen LogP contribution >= 0.6 is 11.6 Å². The van der Waals surface area contributed by atoms with E-state index >= 15 is 0 Å². The molecule has 0 saturated heterocycles. The molecular weight excluding hydrogens is 388 g/mol. The fourth-order valence-corrected chi connectivity index (χ4v) is 3.59. The molecule has 6 nitrogen and oxygen atoms in total. The van der Waals surface area contributed by atoms with E-state index in [4.69, 9.17) is 16.3 Å². The summed E-state index contributed by atoms with van der Waals surface area (Å²) in [5.41, 5.74) is 4.22. The molecule has 2 aromatic heterocycles. The standard InChI is InChI=1S/C22H19ClN4O2/c1-14-21-17(15-6-4-3-5-7-15)10-11-24-22(21)27(26-14)13-20(28)25-16-8-9-19(29-2)18(23)12-16/h3-12H,13H2,1-2H3,(H,25,28). The Hall–Kier alpha value is -3.38. The molecular formula is C22H19ClN4O2. The van der Waals surface area contributed by atoms with Gasteiger partial charge in [0.25, 0.3) is 0 Å². The Balaban J connectivity index is 1.62. The molecule has 2 heterocycles. The Morgan fingerprint density at radius 3 is 2.69 bits per heavy atom. The zero-order valence-electron chi connectivity index (χ0n) is 16.0. The van der Waals surface area contributed by atoms with E-state index in [2.05, 4.69) is 15.4 Å². The maximum atomic E-state index is 12.6. The SMILES string of the molecule is COc1ccc(NC(=O)Cn2nc(C)c3c(-c4ccccc4)ccnc32)cc1Cl. The highest BCUT2D eigenvalue weighted by molar-refractivity contribution is 6.32. The number of pyridine rings is 1. The van der Waals surface area contributed by atoms with Crippen molar-refractivity contribution >= 4 is 34.2 Å². The van der Waals surface area contributed by atoms with Crippen LogP contribution in [0.1, 0.15) is 5.69 Å². The second kappa shape index (κ2) is 7.93. The predicted octanol–water partition coefficient (Wildman–Crippen LogP) is 4.71. The van der Waals surface area contributed by atoms with Crippen LogP contribution in [0.5, 0.6) is 5.75 Å². The Morgan fingerprint density at radius 1 is 1.17 bits per heavy atom. The number of carbonyl (C=O) groups excluding carboxylic acids is 1. The van der Waals surface area contributed by atoms with Gasteiger partial charge in [0.1, 0.15) is 12.3 Å². The van der Waals surface area contributed by atoms with Crippen LogP contribution in [0.4, 0.5) is 5.69 Å². The van der Waals surface area contributed by atoms with Gasteiger partial charge in [0.15, 0.2) is 5.65 Å². The summed E-state index contributed by atoms with van der Waals surface area (Å²) in [6, 6.07) is 17.1. The highest BCUT2D eigenvalue weighted by atomic mass is 35.5. The first-order chi connectivity index (χ1) is 14.1. The van der Waals surface area contributed by atoms with Crippen LogP contribution in [0.2, 0.25) is 5.02 Å². The third-order valence-electron chi connectivity index (χ3n) is 4.62. The lowest BCUT2D eigenvalue weighted by Gasteiger charge is -2.09. The molecule has 0 radical (unpaired) electrons. The van der Waals surface area contributed by atoms with Crippen molar-refractivity contribution in [2.24, 2.45) is 0 Å². The van der Waals surface area contributed by atoms with Crippen molar-refractivity contribution in [3.05, 3.63) is 71.5 Å². The number of hydrogen-bond donors (Lipinski definition) is 1. The Bertz CT molecular complexity index is 1190. The molecule has 1 N–H and O–H groups in total. The molecule has 4 aromatic rings. The largest absolute Gasteiger partial charge is 0.495 e. The van der Waals surface area contributed by atoms with Crippen LogP contribution in [0.25, 0.3) is 22.2 Å². The molecule has 0 unspecified atom stereocenters. The quantitative estimate of drug-likeness (QED) is 0.521. The van der Waals surface area contributed by atoms with Crippen molar-refractivity contribution < 1.29 is 9.53 Å². The summed E-state index contributed by atoms with van der Waals surface area (Å²) in [4.78, 5) is 17.0. The van der Waals surface area contributed by atoms with Crippen LogP contribution in [-0.2, 0) is 11.3 Å². The van der Waals surface area contributed by atoms with Crippen LogP contribution < -0.4 is 10.1 Å². The Morgan fingerprint density at radius 2 is 1.97 bits per heavy atom. The summed E-state index contributed by atoms with van der Waals surface area (Å²) in [7, 11) is 1.54. The predicted molar refractivity (Wildman–Crippen MR) is 114 cm³/mol. The van der Waals surface area contributed by atoms with Gasteiger partial charge in [-0.2, -0.15) is 5.10 Å². The maximum Gasteiger partial charge on any atom is 0.246 e. The molecule has 0 atom stereocenters. The Labute approximate surface area is 173 Å². The molecule has 0 bridgehead atoms. The number of rotatable bonds is 5. The number of nitrogens with one attached hydrogen (secondary N) is 1. The van der Waals surface area contributed by atoms with Crippen LogP contribution in [0.3, 0.4) is 0 Å². The summed E-state index contributed by atoms with van der Waals surface area (Å²) >= 11 is 6.13.